The summed E-state index contributed by atoms with van der Waals surface area (Å²) in [5.41, 5.74) is 3.29. The lowest BCUT2D eigenvalue weighted by Crippen LogP contribution is -2.13. The lowest BCUT2D eigenvalue weighted by Gasteiger charge is -2.20. The van der Waals surface area contributed by atoms with Gasteiger partial charge in [0.2, 0.25) is 5.89 Å². The first-order valence-electron chi connectivity index (χ1n) is 8.15. The van der Waals surface area contributed by atoms with Gasteiger partial charge in [0.15, 0.2) is 6.79 Å². The third-order valence-corrected chi connectivity index (χ3v) is 4.98. The van der Waals surface area contributed by atoms with Crippen molar-refractivity contribution in [3.05, 3.63) is 63.2 Å². The average molecular weight is 385 g/mol. The fraction of sp³-hybridized carbons (Fsp3) is 0.222. The Balaban J connectivity index is 1.56. The Bertz CT molecular complexity index is 1000. The van der Waals surface area contributed by atoms with Crippen molar-refractivity contribution in [1.82, 2.24) is 10.2 Å². The maximum absolute atomic E-state index is 11.2. The third-order valence-electron chi connectivity index (χ3n) is 4.12. The van der Waals surface area contributed by atoms with Crippen LogP contribution in [-0.2, 0) is 17.1 Å². The lowest BCUT2D eigenvalue weighted by atomic mass is 10.1. The van der Waals surface area contributed by atoms with E-state index in [0.29, 0.717) is 33.7 Å². The van der Waals surface area contributed by atoms with Crippen LogP contribution >= 0.6 is 11.8 Å². The van der Waals surface area contributed by atoms with Gasteiger partial charge in [0, 0.05) is 34.6 Å². The van der Waals surface area contributed by atoms with Crippen LogP contribution in [0.5, 0.6) is 5.75 Å². The summed E-state index contributed by atoms with van der Waals surface area (Å²) in [5, 5.41) is 19.7. The number of hydrogen-bond acceptors (Lipinski definition) is 8. The summed E-state index contributed by atoms with van der Waals surface area (Å²) in [6, 6.07) is 10.7. The number of hydrogen-bond donors (Lipinski definition) is 0. The molecule has 4 rings (SSSR count). The zero-order valence-corrected chi connectivity index (χ0v) is 15.2. The van der Waals surface area contributed by atoms with Crippen molar-refractivity contribution in [3.63, 3.8) is 0 Å². The minimum atomic E-state index is -0.425. The number of nitrogens with zero attached hydrogens (tertiary/aromatic N) is 3. The second-order valence-corrected chi connectivity index (χ2v) is 6.86. The number of thioether (sulfide) groups is 1. The molecule has 3 aromatic rings. The first kappa shape index (κ1) is 17.5. The van der Waals surface area contributed by atoms with Crippen LogP contribution in [0.25, 0.3) is 11.5 Å². The Morgan fingerprint density at radius 1 is 1.26 bits per heavy atom. The van der Waals surface area contributed by atoms with Gasteiger partial charge in [-0.1, -0.05) is 30.0 Å². The lowest BCUT2D eigenvalue weighted by molar-refractivity contribution is -0.385. The summed E-state index contributed by atoms with van der Waals surface area (Å²) in [6.07, 6.45) is 0. The topological polar surface area (TPSA) is 101 Å². The van der Waals surface area contributed by atoms with Crippen molar-refractivity contribution in [2.24, 2.45) is 0 Å². The molecule has 0 saturated carbocycles. The number of nitro groups is 1. The number of aromatic nitrogens is 2. The second-order valence-electron chi connectivity index (χ2n) is 5.94. The summed E-state index contributed by atoms with van der Waals surface area (Å²) in [5.74, 6) is 1.47. The van der Waals surface area contributed by atoms with Gasteiger partial charge in [0.25, 0.3) is 10.9 Å². The Kier molecular flexibility index (Phi) is 4.78. The molecule has 0 N–H and O–H groups in total. The molecule has 138 valence electrons. The third kappa shape index (κ3) is 3.64. The van der Waals surface area contributed by atoms with E-state index in [1.807, 2.05) is 31.2 Å². The quantitative estimate of drug-likeness (QED) is 0.367. The second kappa shape index (κ2) is 7.37. The number of aryl methyl sites for hydroxylation is 1. The summed E-state index contributed by atoms with van der Waals surface area (Å²) in [6.45, 7) is 2.38. The predicted molar refractivity (Wildman–Crippen MR) is 97.4 cm³/mol. The highest BCUT2D eigenvalue weighted by molar-refractivity contribution is 7.98. The minimum absolute atomic E-state index is 0.00424. The van der Waals surface area contributed by atoms with Crippen molar-refractivity contribution >= 4 is 17.4 Å². The molecule has 0 unspecified atom stereocenters. The van der Waals surface area contributed by atoms with E-state index in [0.717, 1.165) is 11.1 Å². The van der Waals surface area contributed by atoms with Crippen LogP contribution in [0.15, 0.2) is 46.0 Å². The molecule has 1 aliphatic heterocycles. The Morgan fingerprint density at radius 3 is 2.93 bits per heavy atom. The molecule has 8 nitrogen and oxygen atoms in total. The Morgan fingerprint density at radius 2 is 2.11 bits per heavy atom. The molecule has 0 bridgehead atoms. The smallest absolute Gasteiger partial charge is 0.277 e. The van der Waals surface area contributed by atoms with Crippen LogP contribution in [0.3, 0.4) is 0 Å². The average Bonchev–Trinajstić information content (AvgIpc) is 3.15. The van der Waals surface area contributed by atoms with Crippen LogP contribution in [0.4, 0.5) is 5.69 Å². The van der Waals surface area contributed by atoms with Crippen molar-refractivity contribution in [3.8, 4) is 17.2 Å². The first-order valence-corrected chi connectivity index (χ1v) is 9.13. The maximum atomic E-state index is 11.2. The van der Waals surface area contributed by atoms with Crippen LogP contribution in [0.2, 0.25) is 0 Å². The number of ether oxygens (including phenoxy) is 2. The Labute approximate surface area is 158 Å². The number of benzene rings is 2. The molecule has 0 atom stereocenters. The molecule has 9 heteroatoms. The zero-order valence-electron chi connectivity index (χ0n) is 14.4. The molecule has 2 heterocycles. The molecule has 1 aliphatic rings. The summed E-state index contributed by atoms with van der Waals surface area (Å²) >= 11 is 1.30. The number of nitro benzene ring substituents is 1. The van der Waals surface area contributed by atoms with Gasteiger partial charge in [-0.3, -0.25) is 10.1 Å². The van der Waals surface area contributed by atoms with E-state index in [4.69, 9.17) is 13.9 Å². The van der Waals surface area contributed by atoms with Crippen molar-refractivity contribution in [2.45, 2.75) is 24.5 Å². The van der Waals surface area contributed by atoms with E-state index in [9.17, 15) is 10.1 Å². The van der Waals surface area contributed by atoms with Crippen LogP contribution in [0, 0.1) is 17.0 Å². The van der Waals surface area contributed by atoms with Crippen molar-refractivity contribution in [1.29, 1.82) is 0 Å². The summed E-state index contributed by atoms with van der Waals surface area (Å²) < 4.78 is 16.5. The number of fused-ring (bicyclic) bond motifs is 1. The molecule has 0 saturated heterocycles. The molecule has 0 spiro atoms. The molecule has 0 amide bonds. The molecule has 0 fully saturated rings. The molecular weight excluding hydrogens is 370 g/mol. The highest BCUT2D eigenvalue weighted by Crippen LogP contribution is 2.36. The highest BCUT2D eigenvalue weighted by atomic mass is 32.2. The van der Waals surface area contributed by atoms with E-state index in [-0.39, 0.29) is 19.1 Å². The monoisotopic (exact) mass is 385 g/mol. The van der Waals surface area contributed by atoms with Gasteiger partial charge >= 0.3 is 0 Å². The summed E-state index contributed by atoms with van der Waals surface area (Å²) in [4.78, 5) is 10.8. The maximum Gasteiger partial charge on any atom is 0.277 e. The molecule has 0 aliphatic carbocycles. The standard InChI is InChI=1S/C18H15N3O5S/c1-11-4-2-3-5-15(11)17-19-20-18(26-17)27-9-13-7-14(21(22)23)6-12-8-24-10-25-16(12)13/h2-7H,8-10H2,1H3. The molecular formula is C18H15N3O5S. The van der Waals surface area contributed by atoms with E-state index < -0.39 is 4.92 Å². The first-order chi connectivity index (χ1) is 13.1. The van der Waals surface area contributed by atoms with E-state index in [1.54, 1.807) is 0 Å². The van der Waals surface area contributed by atoms with Gasteiger partial charge in [0.1, 0.15) is 5.75 Å². The zero-order chi connectivity index (χ0) is 18.8. The predicted octanol–water partition coefficient (Wildman–Crippen LogP) is 4.11. The molecule has 2 aromatic carbocycles. The van der Waals surface area contributed by atoms with E-state index >= 15 is 0 Å². The van der Waals surface area contributed by atoms with Crippen LogP contribution < -0.4 is 4.74 Å². The minimum Gasteiger partial charge on any atom is -0.467 e. The molecule has 27 heavy (non-hydrogen) atoms. The van der Waals surface area contributed by atoms with Gasteiger partial charge in [-0.05, 0) is 18.6 Å². The van der Waals surface area contributed by atoms with Gasteiger partial charge in [-0.25, -0.2) is 0 Å². The normalized spacial score (nSPS) is 13.1. The van der Waals surface area contributed by atoms with Crippen LogP contribution in [0.1, 0.15) is 16.7 Å². The fourth-order valence-corrected chi connectivity index (χ4v) is 3.55. The summed E-state index contributed by atoms with van der Waals surface area (Å²) in [7, 11) is 0. The number of rotatable bonds is 5. The molecule has 0 radical (unpaired) electrons. The SMILES string of the molecule is Cc1ccccc1-c1nnc(SCc2cc([N+](=O)[O-])cc3c2OCOC3)o1. The van der Waals surface area contributed by atoms with E-state index in [1.165, 1.54) is 23.9 Å². The van der Waals surface area contributed by atoms with E-state index in [2.05, 4.69) is 10.2 Å². The van der Waals surface area contributed by atoms with Crippen molar-refractivity contribution in [2.75, 3.05) is 6.79 Å². The van der Waals surface area contributed by atoms with Crippen molar-refractivity contribution < 1.29 is 18.8 Å². The fourth-order valence-electron chi connectivity index (χ4n) is 2.82. The number of non-ortho nitro benzene ring substituents is 1. The van der Waals surface area contributed by atoms with Gasteiger partial charge in [-0.15, -0.1) is 10.2 Å². The Hall–Kier alpha value is -2.91. The molecule has 1 aromatic heterocycles. The highest BCUT2D eigenvalue weighted by Gasteiger charge is 2.21. The van der Waals surface area contributed by atoms with Gasteiger partial charge in [0.05, 0.1) is 11.5 Å². The van der Waals surface area contributed by atoms with Gasteiger partial charge in [-0.2, -0.15) is 0 Å². The van der Waals surface area contributed by atoms with Gasteiger partial charge < -0.3 is 13.9 Å². The van der Waals surface area contributed by atoms with Crippen LogP contribution in [-0.4, -0.2) is 21.9 Å². The largest absolute Gasteiger partial charge is 0.467 e.